The molecule has 0 saturated carbocycles. The van der Waals surface area contributed by atoms with Crippen LogP contribution in [0, 0.1) is 6.92 Å². The standard InChI is InChI=1S/C18H17N3O3/c1-12-11-16(21-24-12)20-18(22)17(15-5-3-4-10-19-15)13-6-8-14(23-2)9-7-13/h3-11,17H,1-2H3,(H,20,21,22). The summed E-state index contributed by atoms with van der Waals surface area (Å²) < 4.78 is 10.2. The summed E-state index contributed by atoms with van der Waals surface area (Å²) in [4.78, 5) is 17.1. The van der Waals surface area contributed by atoms with Gasteiger partial charge >= 0.3 is 0 Å². The first-order valence-corrected chi connectivity index (χ1v) is 7.46. The molecule has 1 amide bonds. The van der Waals surface area contributed by atoms with E-state index in [1.54, 1.807) is 26.3 Å². The molecule has 6 heteroatoms. The molecule has 3 rings (SSSR count). The quantitative estimate of drug-likeness (QED) is 0.780. The van der Waals surface area contributed by atoms with Gasteiger partial charge in [0.15, 0.2) is 5.82 Å². The maximum Gasteiger partial charge on any atom is 0.239 e. The van der Waals surface area contributed by atoms with E-state index in [-0.39, 0.29) is 5.91 Å². The van der Waals surface area contributed by atoms with Crippen molar-refractivity contribution in [2.24, 2.45) is 0 Å². The van der Waals surface area contributed by atoms with Gasteiger partial charge in [-0.25, -0.2) is 0 Å². The third kappa shape index (κ3) is 3.43. The lowest BCUT2D eigenvalue weighted by Crippen LogP contribution is -2.23. The molecule has 2 heterocycles. The molecule has 1 N–H and O–H groups in total. The summed E-state index contributed by atoms with van der Waals surface area (Å²) in [5.41, 5.74) is 1.47. The van der Waals surface area contributed by atoms with Crippen LogP contribution < -0.4 is 10.1 Å². The van der Waals surface area contributed by atoms with Crippen LogP contribution in [-0.4, -0.2) is 23.2 Å². The minimum atomic E-state index is -0.561. The average molecular weight is 323 g/mol. The van der Waals surface area contributed by atoms with Gasteiger partial charge in [0.1, 0.15) is 17.4 Å². The third-order valence-electron chi connectivity index (χ3n) is 3.57. The zero-order valence-corrected chi connectivity index (χ0v) is 13.4. The van der Waals surface area contributed by atoms with Gasteiger partial charge in [-0.15, -0.1) is 0 Å². The Hall–Kier alpha value is -3.15. The first-order chi connectivity index (χ1) is 11.7. The van der Waals surface area contributed by atoms with Crippen LogP contribution in [0.2, 0.25) is 0 Å². The minimum Gasteiger partial charge on any atom is -0.497 e. The summed E-state index contributed by atoms with van der Waals surface area (Å²) in [5.74, 6) is 0.948. The number of anilines is 1. The molecule has 1 atom stereocenters. The van der Waals surface area contributed by atoms with Crippen molar-refractivity contribution in [3.63, 3.8) is 0 Å². The second-order valence-corrected chi connectivity index (χ2v) is 5.27. The molecule has 0 spiro atoms. The number of ether oxygens (including phenoxy) is 1. The van der Waals surface area contributed by atoms with Crippen molar-refractivity contribution in [2.45, 2.75) is 12.8 Å². The summed E-state index contributed by atoms with van der Waals surface area (Å²) in [6.45, 7) is 1.77. The highest BCUT2D eigenvalue weighted by atomic mass is 16.5. The van der Waals surface area contributed by atoms with Crippen LogP contribution in [0.3, 0.4) is 0 Å². The molecular formula is C18H17N3O3. The number of methoxy groups -OCH3 is 1. The number of nitrogens with zero attached hydrogens (tertiary/aromatic N) is 2. The minimum absolute atomic E-state index is 0.229. The van der Waals surface area contributed by atoms with Gasteiger partial charge in [0.05, 0.1) is 12.8 Å². The molecule has 3 aromatic rings. The topological polar surface area (TPSA) is 77.2 Å². The van der Waals surface area contributed by atoms with E-state index in [0.717, 1.165) is 11.3 Å². The van der Waals surface area contributed by atoms with Gasteiger partial charge in [-0.2, -0.15) is 0 Å². The molecular weight excluding hydrogens is 306 g/mol. The number of aryl methyl sites for hydroxylation is 1. The maximum absolute atomic E-state index is 12.8. The Labute approximate surface area is 139 Å². The van der Waals surface area contributed by atoms with Crippen LogP contribution in [0.15, 0.2) is 59.3 Å². The van der Waals surface area contributed by atoms with Crippen molar-refractivity contribution in [1.29, 1.82) is 0 Å². The van der Waals surface area contributed by atoms with Crippen LogP contribution >= 0.6 is 0 Å². The lowest BCUT2D eigenvalue weighted by atomic mass is 9.94. The Morgan fingerprint density at radius 2 is 2.00 bits per heavy atom. The number of aromatic nitrogens is 2. The molecule has 122 valence electrons. The molecule has 2 aromatic heterocycles. The second-order valence-electron chi connectivity index (χ2n) is 5.27. The van der Waals surface area contributed by atoms with Gasteiger partial charge in [0.25, 0.3) is 0 Å². The van der Waals surface area contributed by atoms with Gasteiger partial charge < -0.3 is 14.6 Å². The Kier molecular flexibility index (Phi) is 4.56. The number of nitrogens with one attached hydrogen (secondary N) is 1. The number of carbonyl (C=O) groups is 1. The van der Waals surface area contributed by atoms with Crippen LogP contribution in [0.1, 0.15) is 22.9 Å². The van der Waals surface area contributed by atoms with Crippen molar-refractivity contribution in [3.8, 4) is 5.75 Å². The van der Waals surface area contributed by atoms with E-state index in [2.05, 4.69) is 15.5 Å². The first kappa shape index (κ1) is 15.7. The molecule has 0 aliphatic carbocycles. The molecule has 0 aliphatic heterocycles. The summed E-state index contributed by atoms with van der Waals surface area (Å²) in [6.07, 6.45) is 1.67. The third-order valence-corrected chi connectivity index (χ3v) is 3.57. The Bertz CT molecular complexity index is 813. The highest BCUT2D eigenvalue weighted by Crippen LogP contribution is 2.26. The van der Waals surface area contributed by atoms with Crippen LogP contribution in [-0.2, 0) is 4.79 Å². The SMILES string of the molecule is COc1ccc(C(C(=O)Nc2cc(C)on2)c2ccccn2)cc1. The molecule has 0 fully saturated rings. The largest absolute Gasteiger partial charge is 0.497 e. The van der Waals surface area contributed by atoms with Crippen molar-refractivity contribution in [1.82, 2.24) is 10.1 Å². The van der Waals surface area contributed by atoms with Gasteiger partial charge in [0.2, 0.25) is 5.91 Å². The molecule has 1 unspecified atom stereocenters. The Morgan fingerprint density at radius 3 is 2.58 bits per heavy atom. The van der Waals surface area contributed by atoms with Gasteiger partial charge in [-0.3, -0.25) is 9.78 Å². The monoisotopic (exact) mass is 323 g/mol. The van der Waals surface area contributed by atoms with Crippen molar-refractivity contribution in [3.05, 3.63) is 71.7 Å². The molecule has 24 heavy (non-hydrogen) atoms. The van der Waals surface area contributed by atoms with Crippen LogP contribution in [0.4, 0.5) is 5.82 Å². The summed E-state index contributed by atoms with van der Waals surface area (Å²) in [7, 11) is 1.60. The van der Waals surface area contributed by atoms with Crippen molar-refractivity contribution < 1.29 is 14.1 Å². The van der Waals surface area contributed by atoms with Crippen molar-refractivity contribution >= 4 is 11.7 Å². The van der Waals surface area contributed by atoms with E-state index in [1.807, 2.05) is 42.5 Å². The van der Waals surface area contributed by atoms with E-state index in [1.165, 1.54) is 0 Å². The fourth-order valence-corrected chi connectivity index (χ4v) is 2.42. The Balaban J connectivity index is 1.93. The lowest BCUT2D eigenvalue weighted by Gasteiger charge is -2.16. The van der Waals surface area contributed by atoms with Gasteiger partial charge in [0, 0.05) is 12.3 Å². The summed E-state index contributed by atoms with van der Waals surface area (Å²) in [5, 5.41) is 6.58. The van der Waals surface area contributed by atoms with Gasteiger partial charge in [-0.1, -0.05) is 23.4 Å². The molecule has 0 aliphatic rings. The van der Waals surface area contributed by atoms with E-state index in [0.29, 0.717) is 17.3 Å². The van der Waals surface area contributed by atoms with E-state index >= 15 is 0 Å². The fourth-order valence-electron chi connectivity index (χ4n) is 2.42. The normalized spacial score (nSPS) is 11.8. The van der Waals surface area contributed by atoms with E-state index in [9.17, 15) is 4.79 Å². The summed E-state index contributed by atoms with van der Waals surface area (Å²) >= 11 is 0. The first-order valence-electron chi connectivity index (χ1n) is 7.46. The van der Waals surface area contributed by atoms with Crippen LogP contribution in [0.25, 0.3) is 0 Å². The number of pyridine rings is 1. The number of rotatable bonds is 5. The average Bonchev–Trinajstić information content (AvgIpc) is 3.01. The number of hydrogen-bond donors (Lipinski definition) is 1. The predicted molar refractivity (Wildman–Crippen MR) is 88.9 cm³/mol. The van der Waals surface area contributed by atoms with E-state index < -0.39 is 5.92 Å². The predicted octanol–water partition coefficient (Wildman–Crippen LogP) is 3.16. The molecule has 0 radical (unpaired) electrons. The second kappa shape index (κ2) is 6.95. The highest BCUT2D eigenvalue weighted by molar-refractivity contribution is 5.97. The number of carbonyl (C=O) groups excluding carboxylic acids is 1. The number of hydrogen-bond acceptors (Lipinski definition) is 5. The van der Waals surface area contributed by atoms with Crippen LogP contribution in [0.5, 0.6) is 5.75 Å². The summed E-state index contributed by atoms with van der Waals surface area (Å²) in [6, 6.07) is 14.5. The zero-order valence-electron chi connectivity index (χ0n) is 13.4. The zero-order chi connectivity index (χ0) is 16.9. The van der Waals surface area contributed by atoms with Gasteiger partial charge in [-0.05, 0) is 36.8 Å². The molecule has 0 bridgehead atoms. The number of benzene rings is 1. The highest BCUT2D eigenvalue weighted by Gasteiger charge is 2.25. The lowest BCUT2D eigenvalue weighted by molar-refractivity contribution is -0.116. The number of amides is 1. The molecule has 0 saturated heterocycles. The molecule has 1 aromatic carbocycles. The smallest absolute Gasteiger partial charge is 0.239 e. The fraction of sp³-hybridized carbons (Fsp3) is 0.167. The maximum atomic E-state index is 12.8. The van der Waals surface area contributed by atoms with E-state index in [4.69, 9.17) is 9.26 Å². The van der Waals surface area contributed by atoms with Crippen molar-refractivity contribution in [2.75, 3.05) is 12.4 Å². The Morgan fingerprint density at radius 1 is 1.21 bits per heavy atom. The molecule has 6 nitrogen and oxygen atoms in total.